The number of aliphatic hydroxyl groups excluding tert-OH is 1. The highest BCUT2D eigenvalue weighted by atomic mass is 16.5. The third-order valence-electron chi connectivity index (χ3n) is 4.00. The first-order valence-electron chi connectivity index (χ1n) is 7.87. The van der Waals surface area contributed by atoms with Gasteiger partial charge in [0, 0.05) is 18.2 Å². The third-order valence-corrected chi connectivity index (χ3v) is 4.00. The zero-order valence-electron chi connectivity index (χ0n) is 14.5. The largest absolute Gasteiger partial charge is 0.391 e. The van der Waals surface area contributed by atoms with E-state index in [4.69, 9.17) is 10.5 Å². The van der Waals surface area contributed by atoms with Gasteiger partial charge in [0.1, 0.15) is 5.60 Å². The van der Waals surface area contributed by atoms with Gasteiger partial charge in [-0.1, -0.05) is 19.1 Å². The molecule has 0 radical (unpaired) electrons. The van der Waals surface area contributed by atoms with Gasteiger partial charge in [-0.05, 0) is 32.4 Å². The first-order chi connectivity index (χ1) is 11.3. The van der Waals surface area contributed by atoms with Crippen LogP contribution in [0, 0.1) is 0 Å². The molecule has 1 unspecified atom stereocenters. The molecular weight excluding hydrogens is 308 g/mol. The molecule has 0 saturated heterocycles. The van der Waals surface area contributed by atoms with Crippen molar-refractivity contribution in [2.45, 2.75) is 45.4 Å². The standard InChI is InChI=1S/C17H24N4O3/c1-5-13(22)10-21-16(17(2,3)24-4)19-15(20-21)12-8-6-11(7-9-12)14(18)23/h6-9,13,22H,5,10H2,1-4H3,(H2,18,23). The molecule has 2 rings (SSSR count). The summed E-state index contributed by atoms with van der Waals surface area (Å²) in [6, 6.07) is 6.78. The smallest absolute Gasteiger partial charge is 0.248 e. The van der Waals surface area contributed by atoms with Crippen LogP contribution in [-0.4, -0.2) is 39.0 Å². The minimum atomic E-state index is -0.647. The van der Waals surface area contributed by atoms with Crippen molar-refractivity contribution in [3.8, 4) is 11.4 Å². The summed E-state index contributed by atoms with van der Waals surface area (Å²) < 4.78 is 7.19. The number of benzene rings is 1. The molecule has 0 aliphatic rings. The number of rotatable bonds is 7. The van der Waals surface area contributed by atoms with Crippen LogP contribution in [0.1, 0.15) is 43.4 Å². The summed E-state index contributed by atoms with van der Waals surface area (Å²) in [6.07, 6.45) is 0.109. The van der Waals surface area contributed by atoms with Gasteiger partial charge in [0.15, 0.2) is 11.6 Å². The Bertz CT molecular complexity index is 707. The van der Waals surface area contributed by atoms with E-state index in [1.54, 1.807) is 36.1 Å². The van der Waals surface area contributed by atoms with Crippen molar-refractivity contribution in [1.29, 1.82) is 0 Å². The Morgan fingerprint density at radius 3 is 2.50 bits per heavy atom. The number of hydrogen-bond acceptors (Lipinski definition) is 5. The molecule has 7 nitrogen and oxygen atoms in total. The van der Waals surface area contributed by atoms with Crippen molar-refractivity contribution in [3.05, 3.63) is 35.7 Å². The fourth-order valence-corrected chi connectivity index (χ4v) is 2.24. The first kappa shape index (κ1) is 18.1. The highest BCUT2D eigenvalue weighted by molar-refractivity contribution is 5.93. The van der Waals surface area contributed by atoms with Crippen molar-refractivity contribution in [1.82, 2.24) is 14.8 Å². The topological polar surface area (TPSA) is 103 Å². The lowest BCUT2D eigenvalue weighted by Crippen LogP contribution is -2.28. The van der Waals surface area contributed by atoms with E-state index in [0.717, 1.165) is 5.56 Å². The molecule has 1 aromatic carbocycles. The van der Waals surface area contributed by atoms with Crippen LogP contribution in [0.4, 0.5) is 0 Å². The van der Waals surface area contributed by atoms with Gasteiger partial charge < -0.3 is 15.6 Å². The predicted molar refractivity (Wildman–Crippen MR) is 90.3 cm³/mol. The van der Waals surface area contributed by atoms with E-state index in [0.29, 0.717) is 30.2 Å². The van der Waals surface area contributed by atoms with E-state index < -0.39 is 17.6 Å². The van der Waals surface area contributed by atoms with Crippen LogP contribution in [0.25, 0.3) is 11.4 Å². The molecule has 7 heteroatoms. The van der Waals surface area contributed by atoms with Crippen LogP contribution in [-0.2, 0) is 16.9 Å². The molecule has 1 atom stereocenters. The van der Waals surface area contributed by atoms with Crippen LogP contribution in [0.2, 0.25) is 0 Å². The fourth-order valence-electron chi connectivity index (χ4n) is 2.24. The van der Waals surface area contributed by atoms with Crippen molar-refractivity contribution < 1.29 is 14.6 Å². The highest BCUT2D eigenvalue weighted by Gasteiger charge is 2.28. The van der Waals surface area contributed by atoms with Crippen molar-refractivity contribution >= 4 is 5.91 Å². The minimum absolute atomic E-state index is 0.338. The monoisotopic (exact) mass is 332 g/mol. The lowest BCUT2D eigenvalue weighted by molar-refractivity contribution is 0.00542. The van der Waals surface area contributed by atoms with Gasteiger partial charge in [0.25, 0.3) is 0 Å². The maximum absolute atomic E-state index is 11.2. The summed E-state index contributed by atoms with van der Waals surface area (Å²) in [7, 11) is 1.61. The molecule has 0 fully saturated rings. The SMILES string of the molecule is CCC(O)Cn1nc(-c2ccc(C(N)=O)cc2)nc1C(C)(C)OC. The van der Waals surface area contributed by atoms with E-state index in [1.165, 1.54) is 0 Å². The Balaban J connectivity index is 2.44. The van der Waals surface area contributed by atoms with E-state index in [-0.39, 0.29) is 0 Å². The van der Waals surface area contributed by atoms with Crippen molar-refractivity contribution in [2.75, 3.05) is 7.11 Å². The Morgan fingerprint density at radius 2 is 2.00 bits per heavy atom. The molecule has 1 heterocycles. The number of amides is 1. The second kappa shape index (κ2) is 7.11. The Hall–Kier alpha value is -2.25. The van der Waals surface area contributed by atoms with Gasteiger partial charge in [-0.2, -0.15) is 5.10 Å². The van der Waals surface area contributed by atoms with Gasteiger partial charge in [0.2, 0.25) is 5.91 Å². The number of aliphatic hydroxyl groups is 1. The fraction of sp³-hybridized carbons (Fsp3) is 0.471. The van der Waals surface area contributed by atoms with Crippen LogP contribution in [0.3, 0.4) is 0 Å². The summed E-state index contributed by atoms with van der Waals surface area (Å²) in [4.78, 5) is 15.8. The second-order valence-electron chi connectivity index (χ2n) is 6.16. The van der Waals surface area contributed by atoms with Crippen molar-refractivity contribution in [3.63, 3.8) is 0 Å². The Kier molecular flexibility index (Phi) is 5.36. The number of aromatic nitrogens is 3. The molecule has 0 aliphatic carbocycles. The molecule has 0 bridgehead atoms. The number of hydrogen-bond donors (Lipinski definition) is 2. The normalized spacial score (nSPS) is 13.0. The first-order valence-corrected chi connectivity index (χ1v) is 7.87. The molecule has 130 valence electrons. The van der Waals surface area contributed by atoms with Crippen molar-refractivity contribution in [2.24, 2.45) is 5.73 Å². The summed E-state index contributed by atoms with van der Waals surface area (Å²) >= 11 is 0. The van der Waals surface area contributed by atoms with Gasteiger partial charge in [-0.3, -0.25) is 4.79 Å². The van der Waals surface area contributed by atoms with Crippen LogP contribution >= 0.6 is 0 Å². The molecule has 3 N–H and O–H groups in total. The van der Waals surface area contributed by atoms with Gasteiger partial charge in [-0.25, -0.2) is 9.67 Å². The zero-order chi connectivity index (χ0) is 17.9. The average Bonchev–Trinajstić information content (AvgIpc) is 2.99. The highest BCUT2D eigenvalue weighted by Crippen LogP contribution is 2.26. The van der Waals surface area contributed by atoms with E-state index in [9.17, 15) is 9.90 Å². The number of carbonyl (C=O) groups is 1. The molecule has 0 saturated carbocycles. The molecule has 24 heavy (non-hydrogen) atoms. The molecule has 2 aromatic rings. The van der Waals surface area contributed by atoms with E-state index >= 15 is 0 Å². The molecule has 1 amide bonds. The molecular formula is C17H24N4O3. The lowest BCUT2D eigenvalue weighted by Gasteiger charge is -2.23. The summed E-state index contributed by atoms with van der Waals surface area (Å²) in [5, 5.41) is 14.5. The van der Waals surface area contributed by atoms with E-state index in [2.05, 4.69) is 10.1 Å². The maximum Gasteiger partial charge on any atom is 0.248 e. The van der Waals surface area contributed by atoms with Crippen LogP contribution < -0.4 is 5.73 Å². The van der Waals surface area contributed by atoms with Gasteiger partial charge >= 0.3 is 0 Å². The van der Waals surface area contributed by atoms with Gasteiger partial charge in [-0.15, -0.1) is 0 Å². The minimum Gasteiger partial charge on any atom is -0.391 e. The number of methoxy groups -OCH3 is 1. The summed E-state index contributed by atoms with van der Waals surface area (Å²) in [5.74, 6) is 0.660. The molecule has 1 aromatic heterocycles. The number of ether oxygens (including phenoxy) is 1. The number of primary amides is 1. The number of carbonyl (C=O) groups excluding carboxylic acids is 1. The quantitative estimate of drug-likeness (QED) is 0.803. The Labute approximate surface area is 141 Å². The Morgan fingerprint density at radius 1 is 1.38 bits per heavy atom. The lowest BCUT2D eigenvalue weighted by atomic mass is 10.1. The predicted octanol–water partition coefficient (Wildman–Crippen LogP) is 1.70. The molecule has 0 aliphatic heterocycles. The van der Waals surface area contributed by atoms with Crippen LogP contribution in [0.15, 0.2) is 24.3 Å². The number of nitrogens with two attached hydrogens (primary N) is 1. The van der Waals surface area contributed by atoms with Crippen LogP contribution in [0.5, 0.6) is 0 Å². The summed E-state index contributed by atoms with van der Waals surface area (Å²) in [5.41, 5.74) is 5.80. The third kappa shape index (κ3) is 3.80. The zero-order valence-corrected chi connectivity index (χ0v) is 14.5. The summed E-state index contributed by atoms with van der Waals surface area (Å²) in [6.45, 7) is 6.04. The molecule has 0 spiro atoms. The average molecular weight is 332 g/mol. The number of nitrogens with zero attached hydrogens (tertiary/aromatic N) is 3. The maximum atomic E-state index is 11.2. The van der Waals surface area contributed by atoms with E-state index in [1.807, 2.05) is 20.8 Å². The van der Waals surface area contributed by atoms with Gasteiger partial charge in [0.05, 0.1) is 12.6 Å². The second-order valence-corrected chi connectivity index (χ2v) is 6.16.